The van der Waals surface area contributed by atoms with Crippen LogP contribution in [0.4, 0.5) is 8.78 Å². The molecule has 266 valence electrons. The van der Waals surface area contributed by atoms with E-state index in [4.69, 9.17) is 19.0 Å². The van der Waals surface area contributed by atoms with E-state index in [2.05, 4.69) is 24.3 Å². The molecule has 1 fully saturated rings. The molecule has 5 rings (SSSR count). The van der Waals surface area contributed by atoms with Gasteiger partial charge in [0.15, 0.2) is 11.3 Å². The van der Waals surface area contributed by atoms with Crippen LogP contribution >= 0.6 is 0 Å². The summed E-state index contributed by atoms with van der Waals surface area (Å²) >= 11 is 0. The van der Waals surface area contributed by atoms with Crippen molar-refractivity contribution in [2.75, 3.05) is 20.4 Å². The second-order valence-corrected chi connectivity index (χ2v) is 13.4. The van der Waals surface area contributed by atoms with Crippen molar-refractivity contribution in [3.8, 4) is 5.75 Å². The number of carbonyl (C=O) groups excluding carboxylic acids is 3. The first-order chi connectivity index (χ1) is 23.4. The molecule has 1 saturated heterocycles. The molecule has 3 aliphatic heterocycles. The average molecular weight is 687 g/mol. The summed E-state index contributed by atoms with van der Waals surface area (Å²) in [5.41, 5.74) is -2.40. The van der Waals surface area contributed by atoms with Gasteiger partial charge >= 0.3 is 5.97 Å². The smallest absolute Gasteiger partial charge is 0.308 e. The molecule has 1 aromatic carbocycles. The fourth-order valence-electron chi connectivity index (χ4n) is 6.65. The maximum atomic E-state index is 14.3. The van der Waals surface area contributed by atoms with Gasteiger partial charge in [-0.1, -0.05) is 50.8 Å². The number of ether oxygens (including phenoxy) is 3. The summed E-state index contributed by atoms with van der Waals surface area (Å²) in [5.74, 6) is -3.00. The number of pyridine rings is 1. The van der Waals surface area contributed by atoms with Gasteiger partial charge < -0.3 is 33.8 Å². The number of halogens is 2. The van der Waals surface area contributed by atoms with E-state index in [0.717, 1.165) is 31.7 Å². The molecule has 1 N–H and O–H groups in total. The first kappa shape index (κ1) is 35.8. The summed E-state index contributed by atoms with van der Waals surface area (Å²) in [6, 6.07) is 2.09. The van der Waals surface area contributed by atoms with Crippen molar-refractivity contribution in [2.45, 2.75) is 103 Å². The molecule has 49 heavy (non-hydrogen) atoms. The molecule has 12 nitrogen and oxygen atoms in total. The third-order valence-electron chi connectivity index (χ3n) is 9.54. The SMILES string of the molecule is COC1=NO[C@@]2(CC[C@H](C)N3C[C@H]2n2cc(C(=O)NCc4ccc(F)cc4F)c(=O)c(OCOC(=O)CCCCCCC(C)C)c2C3=O)C1. The molecule has 2 aromatic rings. The second-order valence-electron chi connectivity index (χ2n) is 13.4. The molecule has 0 radical (unpaired) electrons. The second kappa shape index (κ2) is 15.4. The van der Waals surface area contributed by atoms with Crippen LogP contribution in [0.2, 0.25) is 0 Å². The van der Waals surface area contributed by atoms with Crippen molar-refractivity contribution in [3.05, 3.63) is 63.1 Å². The monoisotopic (exact) mass is 686 g/mol. The van der Waals surface area contributed by atoms with Gasteiger partial charge in [0.05, 0.1) is 19.6 Å². The molecule has 2 bridgehead atoms. The van der Waals surface area contributed by atoms with Gasteiger partial charge in [0.25, 0.3) is 11.8 Å². The quantitative estimate of drug-likeness (QED) is 0.172. The summed E-state index contributed by atoms with van der Waals surface area (Å²) in [6.07, 6.45) is 7.51. The van der Waals surface area contributed by atoms with Crippen LogP contribution in [-0.2, 0) is 25.7 Å². The molecule has 1 spiro atoms. The van der Waals surface area contributed by atoms with Crippen molar-refractivity contribution >= 4 is 23.7 Å². The van der Waals surface area contributed by atoms with Gasteiger partial charge in [-0.05, 0) is 38.2 Å². The minimum Gasteiger partial charge on any atom is -0.482 e. The normalized spacial score (nSPS) is 21.2. The van der Waals surface area contributed by atoms with Crippen molar-refractivity contribution in [3.63, 3.8) is 0 Å². The van der Waals surface area contributed by atoms with Crippen LogP contribution < -0.4 is 15.5 Å². The largest absolute Gasteiger partial charge is 0.482 e. The summed E-state index contributed by atoms with van der Waals surface area (Å²) < 4.78 is 45.7. The first-order valence-corrected chi connectivity index (χ1v) is 16.8. The first-order valence-electron chi connectivity index (χ1n) is 16.8. The van der Waals surface area contributed by atoms with Crippen LogP contribution in [0.15, 0.2) is 34.3 Å². The number of methoxy groups -OCH3 is 1. The number of amides is 2. The Morgan fingerprint density at radius 1 is 1.16 bits per heavy atom. The third kappa shape index (κ3) is 7.88. The van der Waals surface area contributed by atoms with Crippen LogP contribution in [0.3, 0.4) is 0 Å². The highest BCUT2D eigenvalue weighted by atomic mass is 19.1. The lowest BCUT2D eigenvalue weighted by Crippen LogP contribution is -2.52. The number of hydrogen-bond donors (Lipinski definition) is 1. The highest BCUT2D eigenvalue weighted by molar-refractivity contribution is 5.99. The standard InChI is InChI=1S/C35H44F2N4O8/c1-21(2)9-7-5-6-8-10-29(42)47-20-48-32-30-34(45)40-19-27(35(14-13-22(40)3)16-28(46-4)39-49-35)41(30)18-25(31(32)43)33(44)38-17-23-11-12-24(36)15-26(23)37/h11-12,15,18,21-22,27H,5-10,13-14,16-17,19-20H2,1-4H3,(H,38,44)/t22-,27+,35-/m0/s1. The zero-order chi connectivity index (χ0) is 35.3. The molecule has 4 heterocycles. The molecule has 0 aliphatic carbocycles. The number of aromatic nitrogens is 1. The van der Waals surface area contributed by atoms with Gasteiger partial charge in [0.2, 0.25) is 23.9 Å². The minimum atomic E-state index is -0.969. The maximum Gasteiger partial charge on any atom is 0.308 e. The Morgan fingerprint density at radius 3 is 2.65 bits per heavy atom. The Hall–Kier alpha value is -4.49. The third-order valence-corrected chi connectivity index (χ3v) is 9.54. The summed E-state index contributed by atoms with van der Waals surface area (Å²) in [4.78, 5) is 61.6. The molecule has 3 atom stereocenters. The fraction of sp³-hybridized carbons (Fsp3) is 0.571. The van der Waals surface area contributed by atoms with Gasteiger partial charge in [0, 0.05) is 43.4 Å². The van der Waals surface area contributed by atoms with Crippen LogP contribution in [0.5, 0.6) is 5.75 Å². The zero-order valence-corrected chi connectivity index (χ0v) is 28.4. The van der Waals surface area contributed by atoms with Gasteiger partial charge in [0.1, 0.15) is 17.2 Å². The molecule has 14 heteroatoms. The molecular formula is C35H44F2N4O8. The van der Waals surface area contributed by atoms with Crippen LogP contribution in [-0.4, -0.2) is 65.2 Å². The molecule has 0 saturated carbocycles. The van der Waals surface area contributed by atoms with Gasteiger partial charge in [-0.3, -0.25) is 19.2 Å². The lowest BCUT2D eigenvalue weighted by Gasteiger charge is -2.42. The fourth-order valence-corrected chi connectivity index (χ4v) is 6.65. The number of benzene rings is 1. The van der Waals surface area contributed by atoms with Gasteiger partial charge in [-0.15, -0.1) is 0 Å². The topological polar surface area (TPSA) is 138 Å². The summed E-state index contributed by atoms with van der Waals surface area (Å²) in [7, 11) is 1.48. The Balaban J connectivity index is 1.43. The van der Waals surface area contributed by atoms with E-state index in [9.17, 15) is 28.0 Å². The van der Waals surface area contributed by atoms with Gasteiger partial charge in [-0.25, -0.2) is 8.78 Å². The van der Waals surface area contributed by atoms with E-state index in [1.54, 1.807) is 4.90 Å². The minimum absolute atomic E-state index is 0.00208. The number of unbranched alkanes of at least 4 members (excludes halogenated alkanes) is 3. The Morgan fingerprint density at radius 2 is 1.94 bits per heavy atom. The number of hydrogen-bond acceptors (Lipinski definition) is 9. The highest BCUT2D eigenvalue weighted by Crippen LogP contribution is 2.46. The van der Waals surface area contributed by atoms with Crippen LogP contribution in [0.25, 0.3) is 0 Å². The summed E-state index contributed by atoms with van der Waals surface area (Å²) in [6.45, 7) is 5.42. The number of oxime groups is 1. The molecule has 2 amide bonds. The Kier molecular flexibility index (Phi) is 11.2. The number of fused-ring (bicyclic) bond motifs is 5. The number of carbonyl (C=O) groups is 3. The zero-order valence-electron chi connectivity index (χ0n) is 28.4. The van der Waals surface area contributed by atoms with Crippen LogP contribution in [0.1, 0.15) is 111 Å². The van der Waals surface area contributed by atoms with Gasteiger partial charge in [-0.2, -0.15) is 0 Å². The van der Waals surface area contributed by atoms with E-state index in [1.165, 1.54) is 23.9 Å². The number of esters is 1. The Bertz CT molecular complexity index is 1660. The lowest BCUT2D eigenvalue weighted by molar-refractivity contribution is -0.150. The molecular weight excluding hydrogens is 642 g/mol. The highest BCUT2D eigenvalue weighted by Gasteiger charge is 2.55. The molecule has 1 aromatic heterocycles. The van der Waals surface area contributed by atoms with E-state index in [1.807, 2.05) is 6.92 Å². The predicted octanol–water partition coefficient (Wildman–Crippen LogP) is 5.23. The Labute approximate surface area is 283 Å². The van der Waals surface area contributed by atoms with Crippen molar-refractivity contribution in [2.24, 2.45) is 11.1 Å². The van der Waals surface area contributed by atoms with E-state index in [0.29, 0.717) is 37.1 Å². The van der Waals surface area contributed by atoms with E-state index >= 15 is 0 Å². The van der Waals surface area contributed by atoms with Crippen LogP contribution in [0, 0.1) is 17.6 Å². The maximum absolute atomic E-state index is 14.3. The number of rotatable bonds is 13. The lowest BCUT2D eigenvalue weighted by atomic mass is 9.85. The van der Waals surface area contributed by atoms with Crippen molar-refractivity contribution in [1.82, 2.24) is 14.8 Å². The van der Waals surface area contributed by atoms with E-state index < -0.39 is 64.6 Å². The molecule has 3 aliphatic rings. The summed E-state index contributed by atoms with van der Waals surface area (Å²) in [5, 5.41) is 6.62. The number of nitrogens with one attached hydrogen (secondary N) is 1. The van der Waals surface area contributed by atoms with E-state index in [-0.39, 0.29) is 43.2 Å². The number of nitrogens with zero attached hydrogens (tertiary/aromatic N) is 3. The average Bonchev–Trinajstić information content (AvgIpc) is 3.44. The molecule has 0 unspecified atom stereocenters. The van der Waals surface area contributed by atoms with Crippen molar-refractivity contribution in [1.29, 1.82) is 0 Å². The predicted molar refractivity (Wildman–Crippen MR) is 174 cm³/mol. The van der Waals surface area contributed by atoms with Crippen molar-refractivity contribution < 1.29 is 42.2 Å².